The topological polar surface area (TPSA) is 91.5 Å². The molecule has 8 heteroatoms. The number of rotatable bonds is 5. The van der Waals surface area contributed by atoms with E-state index in [1.54, 1.807) is 19.2 Å². The maximum atomic E-state index is 12.3. The van der Waals surface area contributed by atoms with Crippen LogP contribution in [0.3, 0.4) is 0 Å². The van der Waals surface area contributed by atoms with Crippen LogP contribution >= 0.6 is 0 Å². The predicted octanol–water partition coefficient (Wildman–Crippen LogP) is 2.47. The van der Waals surface area contributed by atoms with Gasteiger partial charge in [0.05, 0.1) is 19.1 Å². The van der Waals surface area contributed by atoms with Crippen molar-refractivity contribution in [1.29, 1.82) is 0 Å². The number of H-pyrrole nitrogens is 1. The van der Waals surface area contributed by atoms with E-state index in [-0.39, 0.29) is 5.56 Å². The third kappa shape index (κ3) is 3.43. The molecule has 1 aliphatic rings. The Labute approximate surface area is 163 Å². The molecule has 3 aromatic rings. The number of nitrogens with zero attached hydrogens (tertiary/aromatic N) is 1. The Balaban J connectivity index is 1.57. The number of sulfonamides is 1. The molecule has 0 unspecified atom stereocenters. The highest BCUT2D eigenvalue weighted by Gasteiger charge is 2.26. The summed E-state index contributed by atoms with van der Waals surface area (Å²) in [5, 5.41) is 4.16. The number of hydrogen-bond donors (Lipinski definition) is 2. The van der Waals surface area contributed by atoms with Crippen LogP contribution < -0.4 is 19.9 Å². The first-order valence-electron chi connectivity index (χ1n) is 8.89. The number of ether oxygens (including phenoxy) is 1. The largest absolute Gasteiger partial charge is 0.497 e. The highest BCUT2D eigenvalue weighted by atomic mass is 32.2. The van der Waals surface area contributed by atoms with Crippen molar-refractivity contribution in [3.8, 4) is 5.75 Å². The minimum absolute atomic E-state index is 0.144. The molecular weight excluding hydrogens is 378 g/mol. The lowest BCUT2D eigenvalue weighted by Gasteiger charge is -2.16. The number of aromatic nitrogens is 1. The van der Waals surface area contributed by atoms with E-state index < -0.39 is 10.0 Å². The predicted molar refractivity (Wildman–Crippen MR) is 111 cm³/mol. The van der Waals surface area contributed by atoms with Crippen LogP contribution in [0.15, 0.2) is 47.3 Å². The highest BCUT2D eigenvalue weighted by Crippen LogP contribution is 2.32. The summed E-state index contributed by atoms with van der Waals surface area (Å²) in [4.78, 5) is 15.2. The van der Waals surface area contributed by atoms with Gasteiger partial charge in [-0.1, -0.05) is 0 Å². The van der Waals surface area contributed by atoms with Crippen LogP contribution in [-0.4, -0.2) is 33.3 Å². The van der Waals surface area contributed by atoms with Gasteiger partial charge in [-0.3, -0.25) is 9.10 Å². The molecular formula is C20H21N3O4S. The smallest absolute Gasteiger partial charge is 0.253 e. The zero-order chi connectivity index (χ0) is 19.9. The van der Waals surface area contributed by atoms with E-state index in [4.69, 9.17) is 4.74 Å². The van der Waals surface area contributed by atoms with Crippen LogP contribution in [0.4, 0.5) is 11.4 Å². The average Bonchev–Trinajstić information content (AvgIpc) is 3.09. The summed E-state index contributed by atoms with van der Waals surface area (Å²) >= 11 is 0. The summed E-state index contributed by atoms with van der Waals surface area (Å²) in [6, 6.07) is 12.9. The molecule has 0 spiro atoms. The Bertz CT molecular complexity index is 1220. The molecule has 4 rings (SSSR count). The number of benzene rings is 2. The quantitative estimate of drug-likeness (QED) is 0.688. The van der Waals surface area contributed by atoms with Gasteiger partial charge < -0.3 is 15.0 Å². The van der Waals surface area contributed by atoms with Gasteiger partial charge in [0, 0.05) is 35.2 Å². The molecule has 0 saturated heterocycles. The van der Waals surface area contributed by atoms with E-state index >= 15 is 0 Å². The fourth-order valence-corrected chi connectivity index (χ4v) is 4.47. The van der Waals surface area contributed by atoms with Gasteiger partial charge in [-0.25, -0.2) is 8.42 Å². The van der Waals surface area contributed by atoms with Crippen LogP contribution in [-0.2, 0) is 23.0 Å². The van der Waals surface area contributed by atoms with Crippen molar-refractivity contribution in [2.24, 2.45) is 0 Å². The lowest BCUT2D eigenvalue weighted by Crippen LogP contribution is -2.27. The second-order valence-electron chi connectivity index (χ2n) is 6.86. The van der Waals surface area contributed by atoms with Crippen LogP contribution in [0.25, 0.3) is 10.9 Å². The summed E-state index contributed by atoms with van der Waals surface area (Å²) in [5.41, 5.74) is 3.78. The number of aromatic amines is 1. The molecule has 0 fully saturated rings. The van der Waals surface area contributed by atoms with Crippen LogP contribution in [0.5, 0.6) is 5.75 Å². The molecule has 2 aromatic carbocycles. The van der Waals surface area contributed by atoms with Crippen molar-refractivity contribution in [2.45, 2.75) is 13.0 Å². The molecule has 0 atom stereocenters. The Hall–Kier alpha value is -3.00. The average molecular weight is 399 g/mol. The third-order valence-corrected chi connectivity index (χ3v) is 6.12. The zero-order valence-corrected chi connectivity index (χ0v) is 16.5. The summed E-state index contributed by atoms with van der Waals surface area (Å²) in [6.45, 7) is 0.820. The third-order valence-electron chi connectivity index (χ3n) is 4.94. The molecule has 28 heavy (non-hydrogen) atoms. The monoisotopic (exact) mass is 399 g/mol. The second kappa shape index (κ2) is 6.87. The van der Waals surface area contributed by atoms with E-state index in [1.807, 2.05) is 30.3 Å². The molecule has 0 radical (unpaired) electrons. The first kappa shape index (κ1) is 18.4. The van der Waals surface area contributed by atoms with Gasteiger partial charge >= 0.3 is 0 Å². The Morgan fingerprint density at radius 2 is 2.00 bits per heavy atom. The second-order valence-corrected chi connectivity index (χ2v) is 8.77. The van der Waals surface area contributed by atoms with Gasteiger partial charge in [0.25, 0.3) is 5.56 Å². The van der Waals surface area contributed by atoms with Gasteiger partial charge in [-0.05, 0) is 54.4 Å². The van der Waals surface area contributed by atoms with Crippen molar-refractivity contribution >= 4 is 32.3 Å². The number of anilines is 2. The van der Waals surface area contributed by atoms with Gasteiger partial charge in [-0.2, -0.15) is 0 Å². The number of nitrogens with one attached hydrogen (secondary N) is 2. The van der Waals surface area contributed by atoms with E-state index in [1.165, 1.54) is 10.6 Å². The van der Waals surface area contributed by atoms with Crippen molar-refractivity contribution in [1.82, 2.24) is 4.98 Å². The Kier molecular flexibility index (Phi) is 4.50. The van der Waals surface area contributed by atoms with E-state index in [0.717, 1.165) is 33.6 Å². The number of methoxy groups -OCH3 is 1. The fraction of sp³-hybridized carbons (Fsp3) is 0.250. The molecule has 0 saturated carbocycles. The molecule has 0 aliphatic carbocycles. The molecule has 0 bridgehead atoms. The zero-order valence-electron chi connectivity index (χ0n) is 15.7. The van der Waals surface area contributed by atoms with Crippen LogP contribution in [0.1, 0.15) is 11.1 Å². The van der Waals surface area contributed by atoms with E-state index in [0.29, 0.717) is 25.1 Å². The normalized spacial score (nSPS) is 13.6. The molecule has 1 aliphatic heterocycles. The van der Waals surface area contributed by atoms with Gasteiger partial charge in [-0.15, -0.1) is 0 Å². The molecule has 7 nitrogen and oxygen atoms in total. The van der Waals surface area contributed by atoms with Gasteiger partial charge in [0.15, 0.2) is 0 Å². The number of hydrogen-bond acceptors (Lipinski definition) is 5. The molecule has 146 valence electrons. The Morgan fingerprint density at radius 1 is 1.18 bits per heavy atom. The molecule has 2 heterocycles. The lowest BCUT2D eigenvalue weighted by molar-refractivity contribution is 0.415. The minimum Gasteiger partial charge on any atom is -0.497 e. The van der Waals surface area contributed by atoms with Crippen LogP contribution in [0.2, 0.25) is 0 Å². The SMILES string of the molecule is COc1ccc2[nH]c(=O)c(CNc3ccc4c(c3)CCN4S(C)(=O)=O)cc2c1. The lowest BCUT2D eigenvalue weighted by atomic mass is 10.1. The van der Waals surface area contributed by atoms with Crippen LogP contribution in [0, 0.1) is 0 Å². The van der Waals surface area contributed by atoms with Crippen molar-refractivity contribution in [2.75, 3.05) is 29.5 Å². The summed E-state index contributed by atoms with van der Waals surface area (Å²) < 4.78 is 30.4. The minimum atomic E-state index is -3.26. The number of pyridine rings is 1. The fourth-order valence-electron chi connectivity index (χ4n) is 3.51. The van der Waals surface area contributed by atoms with Crippen molar-refractivity contribution in [3.63, 3.8) is 0 Å². The first-order valence-corrected chi connectivity index (χ1v) is 10.7. The van der Waals surface area contributed by atoms with E-state index in [2.05, 4.69) is 10.3 Å². The summed E-state index contributed by atoms with van der Waals surface area (Å²) in [6.07, 6.45) is 1.89. The maximum Gasteiger partial charge on any atom is 0.253 e. The summed E-state index contributed by atoms with van der Waals surface area (Å²) in [7, 11) is -1.65. The van der Waals surface area contributed by atoms with Gasteiger partial charge in [0.2, 0.25) is 10.0 Å². The summed E-state index contributed by atoms with van der Waals surface area (Å²) in [5.74, 6) is 0.729. The highest BCUT2D eigenvalue weighted by molar-refractivity contribution is 7.92. The van der Waals surface area contributed by atoms with Crippen molar-refractivity contribution < 1.29 is 13.2 Å². The standard InChI is InChI=1S/C20H21N3O4S/c1-27-17-4-5-18-14(11-17)9-15(20(24)22-18)12-21-16-3-6-19-13(10-16)7-8-23(19)28(2,25)26/h3-6,9-11,21H,7-8,12H2,1-2H3,(H,22,24). The van der Waals surface area contributed by atoms with E-state index in [9.17, 15) is 13.2 Å². The first-order chi connectivity index (χ1) is 13.3. The molecule has 1 aromatic heterocycles. The Morgan fingerprint density at radius 3 is 2.75 bits per heavy atom. The maximum absolute atomic E-state index is 12.3. The van der Waals surface area contributed by atoms with Crippen molar-refractivity contribution in [3.05, 3.63) is 63.9 Å². The molecule has 2 N–H and O–H groups in total. The van der Waals surface area contributed by atoms with Gasteiger partial charge in [0.1, 0.15) is 5.75 Å². The molecule has 0 amide bonds. The number of fused-ring (bicyclic) bond motifs is 2.